The molecule has 2 rings (SSSR count). The summed E-state index contributed by atoms with van der Waals surface area (Å²) in [6.45, 7) is 0.514. The van der Waals surface area contributed by atoms with Gasteiger partial charge in [0, 0.05) is 19.3 Å². The fourth-order valence-corrected chi connectivity index (χ4v) is 3.27. The minimum Gasteiger partial charge on any atom is -0.388 e. The Bertz CT molecular complexity index is 535. The zero-order chi connectivity index (χ0) is 13.7. The number of hydrogen-bond donors (Lipinski definition) is 2. The Hall–Kier alpha value is -1.33. The molecule has 0 saturated heterocycles. The predicted octanol–water partition coefficient (Wildman–Crippen LogP) is 2.36. The average Bonchev–Trinajstić information content (AvgIpc) is 2.46. The van der Waals surface area contributed by atoms with Crippen LogP contribution in [0.2, 0.25) is 0 Å². The summed E-state index contributed by atoms with van der Waals surface area (Å²) in [6.07, 6.45) is 7.34. The van der Waals surface area contributed by atoms with Crippen molar-refractivity contribution in [2.75, 3.05) is 18.9 Å². The molecule has 5 heteroatoms. The highest BCUT2D eigenvalue weighted by atomic mass is 32.2. The minimum absolute atomic E-state index is 0.317. The summed E-state index contributed by atoms with van der Waals surface area (Å²) in [6, 6.07) is 6.76. The molecule has 0 aromatic heterocycles. The second kappa shape index (κ2) is 6.21. The summed E-state index contributed by atoms with van der Waals surface area (Å²) in [5.74, 6) is 0.413. The van der Waals surface area contributed by atoms with Crippen molar-refractivity contribution < 1.29 is 8.42 Å². The van der Waals surface area contributed by atoms with E-state index in [1.54, 1.807) is 31.3 Å². The Balaban J connectivity index is 1.98. The fourth-order valence-electron chi connectivity index (χ4n) is 2.15. The molecule has 0 heterocycles. The van der Waals surface area contributed by atoms with E-state index in [9.17, 15) is 8.42 Å². The predicted molar refractivity (Wildman–Crippen MR) is 77.7 cm³/mol. The lowest BCUT2D eigenvalue weighted by Crippen LogP contribution is -2.29. The van der Waals surface area contributed by atoms with Crippen LogP contribution in [0.25, 0.3) is 0 Å². The number of sulfonamides is 1. The third-order valence-electron chi connectivity index (χ3n) is 3.39. The van der Waals surface area contributed by atoms with E-state index in [0.717, 1.165) is 24.9 Å². The summed E-state index contributed by atoms with van der Waals surface area (Å²) in [4.78, 5) is 0.317. The van der Waals surface area contributed by atoms with E-state index in [2.05, 4.69) is 22.2 Å². The molecule has 1 aliphatic carbocycles. The molecule has 0 radical (unpaired) electrons. The zero-order valence-corrected chi connectivity index (χ0v) is 11.9. The maximum atomic E-state index is 12.1. The molecule has 0 aliphatic heterocycles. The van der Waals surface area contributed by atoms with Crippen LogP contribution >= 0.6 is 0 Å². The van der Waals surface area contributed by atoms with Crippen molar-refractivity contribution in [3.63, 3.8) is 0 Å². The Morgan fingerprint density at radius 3 is 2.53 bits per heavy atom. The molecular formula is C14H20N2O2S. The smallest absolute Gasteiger partial charge is 0.240 e. The quantitative estimate of drug-likeness (QED) is 0.814. The molecule has 1 aromatic rings. The fraction of sp³-hybridized carbons (Fsp3) is 0.429. The lowest BCUT2D eigenvalue weighted by Gasteiger charge is -2.18. The van der Waals surface area contributed by atoms with Gasteiger partial charge in [0.25, 0.3) is 0 Å². The van der Waals surface area contributed by atoms with Gasteiger partial charge >= 0.3 is 0 Å². The first-order chi connectivity index (χ1) is 9.12. The van der Waals surface area contributed by atoms with Gasteiger partial charge in [-0.2, -0.15) is 0 Å². The molecule has 0 amide bonds. The second-order valence-electron chi connectivity index (χ2n) is 4.78. The number of nitrogens with one attached hydrogen (secondary N) is 2. The third-order valence-corrected chi connectivity index (χ3v) is 4.83. The van der Waals surface area contributed by atoms with Crippen molar-refractivity contribution in [2.24, 2.45) is 5.92 Å². The van der Waals surface area contributed by atoms with Gasteiger partial charge in [0.15, 0.2) is 0 Å². The largest absolute Gasteiger partial charge is 0.388 e. The van der Waals surface area contributed by atoms with E-state index < -0.39 is 10.0 Å². The van der Waals surface area contributed by atoms with E-state index in [1.807, 2.05) is 0 Å². The van der Waals surface area contributed by atoms with Crippen molar-refractivity contribution in [2.45, 2.75) is 24.2 Å². The molecule has 1 unspecified atom stereocenters. The summed E-state index contributed by atoms with van der Waals surface area (Å²) in [7, 11) is -1.58. The minimum atomic E-state index is -3.39. The average molecular weight is 280 g/mol. The van der Waals surface area contributed by atoms with Crippen molar-refractivity contribution in [1.82, 2.24) is 4.72 Å². The molecule has 104 valence electrons. The van der Waals surface area contributed by atoms with Gasteiger partial charge in [0.2, 0.25) is 10.0 Å². The van der Waals surface area contributed by atoms with Crippen LogP contribution in [0.5, 0.6) is 0 Å². The highest BCUT2D eigenvalue weighted by molar-refractivity contribution is 7.89. The molecule has 2 N–H and O–H groups in total. The Morgan fingerprint density at radius 2 is 1.95 bits per heavy atom. The maximum Gasteiger partial charge on any atom is 0.240 e. The van der Waals surface area contributed by atoms with Crippen LogP contribution in [0.3, 0.4) is 0 Å². The van der Waals surface area contributed by atoms with Crippen LogP contribution in [0, 0.1) is 5.92 Å². The van der Waals surface area contributed by atoms with Gasteiger partial charge in [0.05, 0.1) is 4.90 Å². The first-order valence-electron chi connectivity index (χ1n) is 6.54. The molecule has 0 spiro atoms. The van der Waals surface area contributed by atoms with Gasteiger partial charge in [-0.15, -0.1) is 0 Å². The highest BCUT2D eigenvalue weighted by Crippen LogP contribution is 2.18. The summed E-state index contributed by atoms with van der Waals surface area (Å²) in [5, 5.41) is 2.97. The maximum absolute atomic E-state index is 12.1. The molecule has 1 aliphatic rings. The van der Waals surface area contributed by atoms with E-state index in [4.69, 9.17) is 0 Å². The first-order valence-corrected chi connectivity index (χ1v) is 8.02. The van der Waals surface area contributed by atoms with Gasteiger partial charge in [-0.1, -0.05) is 12.2 Å². The molecule has 0 bridgehead atoms. The zero-order valence-electron chi connectivity index (χ0n) is 11.1. The Morgan fingerprint density at radius 1 is 1.21 bits per heavy atom. The van der Waals surface area contributed by atoms with Crippen molar-refractivity contribution in [1.29, 1.82) is 0 Å². The highest BCUT2D eigenvalue weighted by Gasteiger charge is 2.17. The molecule has 19 heavy (non-hydrogen) atoms. The summed E-state index contributed by atoms with van der Waals surface area (Å²) >= 11 is 0. The Kier molecular flexibility index (Phi) is 4.61. The van der Waals surface area contributed by atoms with Crippen LogP contribution in [0.1, 0.15) is 19.3 Å². The van der Waals surface area contributed by atoms with Crippen LogP contribution in [0.15, 0.2) is 41.3 Å². The molecular weight excluding hydrogens is 260 g/mol. The lowest BCUT2D eigenvalue weighted by molar-refractivity contribution is 0.468. The van der Waals surface area contributed by atoms with Crippen LogP contribution in [-0.4, -0.2) is 22.0 Å². The second-order valence-corrected chi connectivity index (χ2v) is 6.54. The standard InChI is InChI=1S/C14H20N2O2S/c1-15-13-7-9-14(10-8-13)19(17,18)16-11-12-5-3-2-4-6-12/h2-3,7-10,12,15-16H,4-6,11H2,1H3. The summed E-state index contributed by atoms with van der Waals surface area (Å²) < 4.78 is 27.0. The number of rotatable bonds is 5. The molecule has 0 fully saturated rings. The monoisotopic (exact) mass is 280 g/mol. The SMILES string of the molecule is CNc1ccc(S(=O)(=O)NCC2CC=CCC2)cc1. The van der Waals surface area contributed by atoms with Crippen LogP contribution in [0.4, 0.5) is 5.69 Å². The lowest BCUT2D eigenvalue weighted by atomic mass is 9.95. The number of benzene rings is 1. The molecule has 0 saturated carbocycles. The van der Waals surface area contributed by atoms with Crippen LogP contribution < -0.4 is 10.0 Å². The van der Waals surface area contributed by atoms with Gasteiger partial charge in [-0.3, -0.25) is 0 Å². The van der Waals surface area contributed by atoms with E-state index in [-0.39, 0.29) is 0 Å². The van der Waals surface area contributed by atoms with Gasteiger partial charge in [0.1, 0.15) is 0 Å². The molecule has 4 nitrogen and oxygen atoms in total. The van der Waals surface area contributed by atoms with Crippen molar-refractivity contribution >= 4 is 15.7 Å². The van der Waals surface area contributed by atoms with E-state index in [1.165, 1.54) is 0 Å². The van der Waals surface area contributed by atoms with Crippen molar-refractivity contribution in [3.8, 4) is 0 Å². The van der Waals surface area contributed by atoms with Gasteiger partial charge in [-0.05, 0) is 49.4 Å². The normalized spacial score (nSPS) is 19.3. The third kappa shape index (κ3) is 3.81. The first kappa shape index (κ1) is 14.1. The molecule has 1 atom stereocenters. The van der Waals surface area contributed by atoms with Gasteiger partial charge in [-0.25, -0.2) is 13.1 Å². The number of allylic oxidation sites excluding steroid dienone is 2. The van der Waals surface area contributed by atoms with Gasteiger partial charge < -0.3 is 5.32 Å². The van der Waals surface area contributed by atoms with Crippen LogP contribution in [-0.2, 0) is 10.0 Å². The Labute approximate surface area is 115 Å². The van der Waals surface area contributed by atoms with E-state index in [0.29, 0.717) is 17.4 Å². The van der Waals surface area contributed by atoms with E-state index >= 15 is 0 Å². The van der Waals surface area contributed by atoms with Crippen molar-refractivity contribution in [3.05, 3.63) is 36.4 Å². The number of hydrogen-bond acceptors (Lipinski definition) is 3. The molecule has 1 aromatic carbocycles. The summed E-state index contributed by atoms with van der Waals surface area (Å²) in [5.41, 5.74) is 0.899. The number of anilines is 1. The topological polar surface area (TPSA) is 58.2 Å².